The molecule has 0 atom stereocenters. The molecule has 1 aromatic carbocycles. The monoisotopic (exact) mass is 329 g/mol. The highest BCUT2D eigenvalue weighted by molar-refractivity contribution is 5.79. The van der Waals surface area contributed by atoms with Crippen LogP contribution in [-0.4, -0.2) is 37.0 Å². The molecule has 2 heterocycles. The van der Waals surface area contributed by atoms with Gasteiger partial charge in [-0.1, -0.05) is 6.92 Å². The largest absolute Gasteiger partial charge is 0.369 e. The first-order valence-corrected chi connectivity index (χ1v) is 8.82. The van der Waals surface area contributed by atoms with Gasteiger partial charge in [-0.2, -0.15) is 5.26 Å². The number of nitriles is 1. The Morgan fingerprint density at radius 1 is 1.17 bits per heavy atom. The van der Waals surface area contributed by atoms with Crippen LogP contribution in [0.5, 0.6) is 0 Å². The SMILES string of the molecule is CC1CCN(C(=O)C2CCN(c3ccc(C#N)cc3F)CC2)CC1. The van der Waals surface area contributed by atoms with Crippen LogP contribution < -0.4 is 4.90 Å². The molecule has 0 saturated carbocycles. The molecule has 0 aliphatic carbocycles. The van der Waals surface area contributed by atoms with Crippen LogP contribution >= 0.6 is 0 Å². The molecule has 3 rings (SSSR count). The van der Waals surface area contributed by atoms with Crippen LogP contribution in [0.2, 0.25) is 0 Å². The predicted octanol–water partition coefficient (Wildman–Crippen LogP) is 3.17. The molecule has 0 unspecified atom stereocenters. The van der Waals surface area contributed by atoms with Crippen molar-refractivity contribution in [2.75, 3.05) is 31.1 Å². The van der Waals surface area contributed by atoms with Gasteiger partial charge in [0.25, 0.3) is 0 Å². The number of anilines is 1. The number of amides is 1. The second-order valence-electron chi connectivity index (χ2n) is 7.05. The molecule has 5 heteroatoms. The number of carbonyl (C=O) groups excluding carboxylic acids is 1. The Morgan fingerprint density at radius 2 is 1.83 bits per heavy atom. The topological polar surface area (TPSA) is 47.3 Å². The second-order valence-corrected chi connectivity index (χ2v) is 7.05. The zero-order valence-corrected chi connectivity index (χ0v) is 14.2. The predicted molar refractivity (Wildman–Crippen MR) is 91.0 cm³/mol. The van der Waals surface area contributed by atoms with Gasteiger partial charge in [-0.25, -0.2) is 4.39 Å². The third-order valence-corrected chi connectivity index (χ3v) is 5.36. The van der Waals surface area contributed by atoms with Gasteiger partial charge in [0.1, 0.15) is 5.82 Å². The van der Waals surface area contributed by atoms with E-state index in [-0.39, 0.29) is 17.6 Å². The molecule has 0 N–H and O–H groups in total. The van der Waals surface area contributed by atoms with Crippen LogP contribution in [0.15, 0.2) is 18.2 Å². The van der Waals surface area contributed by atoms with Gasteiger partial charge in [-0.15, -0.1) is 0 Å². The minimum Gasteiger partial charge on any atom is -0.369 e. The van der Waals surface area contributed by atoms with E-state index in [4.69, 9.17) is 5.26 Å². The maximum absolute atomic E-state index is 14.1. The quantitative estimate of drug-likeness (QED) is 0.837. The minimum absolute atomic E-state index is 0.0658. The lowest BCUT2D eigenvalue weighted by molar-refractivity contribution is -0.137. The van der Waals surface area contributed by atoms with Crippen molar-refractivity contribution in [3.63, 3.8) is 0 Å². The highest BCUT2D eigenvalue weighted by atomic mass is 19.1. The van der Waals surface area contributed by atoms with E-state index < -0.39 is 0 Å². The zero-order valence-electron chi connectivity index (χ0n) is 14.2. The molecule has 1 amide bonds. The number of carbonyl (C=O) groups is 1. The van der Waals surface area contributed by atoms with Gasteiger partial charge >= 0.3 is 0 Å². The molecule has 2 fully saturated rings. The smallest absolute Gasteiger partial charge is 0.225 e. The highest BCUT2D eigenvalue weighted by Gasteiger charge is 2.30. The van der Waals surface area contributed by atoms with Crippen molar-refractivity contribution in [1.29, 1.82) is 5.26 Å². The molecule has 0 aromatic heterocycles. The summed E-state index contributed by atoms with van der Waals surface area (Å²) in [5.74, 6) is 0.706. The number of piperidine rings is 2. The standard InChI is InChI=1S/C19H24FN3O/c1-14-4-8-23(9-5-14)19(24)16-6-10-22(11-7-16)18-3-2-15(13-21)12-17(18)20/h2-3,12,14,16H,4-11H2,1H3. The van der Waals surface area contributed by atoms with Gasteiger partial charge in [-0.3, -0.25) is 4.79 Å². The maximum Gasteiger partial charge on any atom is 0.225 e. The van der Waals surface area contributed by atoms with Crippen molar-refractivity contribution >= 4 is 11.6 Å². The maximum atomic E-state index is 14.1. The summed E-state index contributed by atoms with van der Waals surface area (Å²) in [7, 11) is 0. The average Bonchev–Trinajstić information content (AvgIpc) is 2.62. The summed E-state index contributed by atoms with van der Waals surface area (Å²) in [6.45, 7) is 5.37. The lowest BCUT2D eigenvalue weighted by Crippen LogP contribution is -2.45. The number of rotatable bonds is 2. The van der Waals surface area contributed by atoms with Crippen molar-refractivity contribution in [1.82, 2.24) is 4.90 Å². The van der Waals surface area contributed by atoms with Crippen molar-refractivity contribution in [3.05, 3.63) is 29.6 Å². The van der Waals surface area contributed by atoms with Crippen LogP contribution in [0.1, 0.15) is 38.2 Å². The molecule has 2 aliphatic rings. The number of likely N-dealkylation sites (tertiary alicyclic amines) is 1. The van der Waals surface area contributed by atoms with Crippen LogP contribution in [-0.2, 0) is 4.79 Å². The number of nitrogens with zero attached hydrogens (tertiary/aromatic N) is 3. The summed E-state index contributed by atoms with van der Waals surface area (Å²) < 4.78 is 14.1. The Bertz CT molecular complexity index is 639. The van der Waals surface area contributed by atoms with E-state index in [9.17, 15) is 9.18 Å². The van der Waals surface area contributed by atoms with Crippen molar-refractivity contribution < 1.29 is 9.18 Å². The first-order valence-electron chi connectivity index (χ1n) is 8.82. The average molecular weight is 329 g/mol. The van der Waals surface area contributed by atoms with Crippen LogP contribution in [0.25, 0.3) is 0 Å². The summed E-state index contributed by atoms with van der Waals surface area (Å²) in [6.07, 6.45) is 3.73. The lowest BCUT2D eigenvalue weighted by Gasteiger charge is -2.37. The fourth-order valence-corrected chi connectivity index (χ4v) is 3.69. The Balaban J connectivity index is 1.58. The third kappa shape index (κ3) is 3.53. The summed E-state index contributed by atoms with van der Waals surface area (Å²) in [6, 6.07) is 6.54. The molecular weight excluding hydrogens is 305 g/mol. The molecule has 2 saturated heterocycles. The zero-order chi connectivity index (χ0) is 17.1. The van der Waals surface area contributed by atoms with E-state index in [0.29, 0.717) is 24.3 Å². The minimum atomic E-state index is -0.358. The molecule has 24 heavy (non-hydrogen) atoms. The van der Waals surface area contributed by atoms with Crippen molar-refractivity contribution in [3.8, 4) is 6.07 Å². The van der Waals surface area contributed by atoms with E-state index in [1.54, 1.807) is 12.1 Å². The van der Waals surface area contributed by atoms with Crippen LogP contribution in [0.4, 0.5) is 10.1 Å². The summed E-state index contributed by atoms with van der Waals surface area (Å²) in [5.41, 5.74) is 0.868. The number of benzene rings is 1. The number of hydrogen-bond donors (Lipinski definition) is 0. The first kappa shape index (κ1) is 16.8. The van der Waals surface area contributed by atoms with Gasteiger partial charge < -0.3 is 9.80 Å². The van der Waals surface area contributed by atoms with Crippen molar-refractivity contribution in [2.45, 2.75) is 32.6 Å². The second kappa shape index (κ2) is 7.21. The van der Waals surface area contributed by atoms with E-state index in [2.05, 4.69) is 6.92 Å². The molecular formula is C19H24FN3O. The van der Waals surface area contributed by atoms with Gasteiger partial charge in [0.15, 0.2) is 0 Å². The number of hydrogen-bond acceptors (Lipinski definition) is 3. The Kier molecular flexibility index (Phi) is 5.03. The molecule has 1 aromatic rings. The molecule has 0 spiro atoms. The normalized spacial score (nSPS) is 20.0. The summed E-state index contributed by atoms with van der Waals surface area (Å²) in [4.78, 5) is 16.7. The molecule has 4 nitrogen and oxygen atoms in total. The first-order chi connectivity index (χ1) is 11.6. The van der Waals surface area contributed by atoms with Gasteiger partial charge in [0, 0.05) is 32.1 Å². The molecule has 2 aliphatic heterocycles. The number of halogens is 1. The molecule has 0 bridgehead atoms. The molecule has 0 radical (unpaired) electrons. The fraction of sp³-hybridized carbons (Fsp3) is 0.579. The van der Waals surface area contributed by atoms with E-state index >= 15 is 0 Å². The van der Waals surface area contributed by atoms with Crippen LogP contribution in [0.3, 0.4) is 0 Å². The summed E-state index contributed by atoms with van der Waals surface area (Å²) >= 11 is 0. The van der Waals surface area contributed by atoms with Crippen molar-refractivity contribution in [2.24, 2.45) is 11.8 Å². The van der Waals surface area contributed by atoms with Gasteiger partial charge in [-0.05, 0) is 49.8 Å². The summed E-state index contributed by atoms with van der Waals surface area (Å²) in [5, 5.41) is 8.83. The fourth-order valence-electron chi connectivity index (χ4n) is 3.69. The highest BCUT2D eigenvalue weighted by Crippen LogP contribution is 2.28. The molecule has 128 valence electrons. The Hall–Kier alpha value is -2.09. The Morgan fingerprint density at radius 3 is 2.42 bits per heavy atom. The lowest BCUT2D eigenvalue weighted by atomic mass is 9.92. The van der Waals surface area contributed by atoms with E-state index in [1.165, 1.54) is 6.07 Å². The van der Waals surface area contributed by atoms with Gasteiger partial charge in [0.2, 0.25) is 5.91 Å². The van der Waals surface area contributed by atoms with Crippen LogP contribution in [0, 0.1) is 29.0 Å². The van der Waals surface area contributed by atoms with E-state index in [1.807, 2.05) is 15.9 Å². The third-order valence-electron chi connectivity index (χ3n) is 5.36. The Labute approximate surface area is 142 Å². The van der Waals surface area contributed by atoms with Gasteiger partial charge in [0.05, 0.1) is 17.3 Å². The van der Waals surface area contributed by atoms with E-state index in [0.717, 1.165) is 44.7 Å².